The molecule has 1 N–H and O–H groups in total. The van der Waals surface area contributed by atoms with Crippen molar-refractivity contribution in [3.8, 4) is 0 Å². The molecule has 0 spiro atoms. The Balaban J connectivity index is 2.00. The van der Waals surface area contributed by atoms with Crippen LogP contribution in [-0.2, 0) is 11.3 Å². The van der Waals surface area contributed by atoms with E-state index in [1.165, 1.54) is 5.56 Å². The molecule has 0 saturated carbocycles. The van der Waals surface area contributed by atoms with Gasteiger partial charge < -0.3 is 9.84 Å². The van der Waals surface area contributed by atoms with Crippen molar-refractivity contribution < 1.29 is 9.84 Å². The Morgan fingerprint density at radius 3 is 2.76 bits per heavy atom. The van der Waals surface area contributed by atoms with E-state index in [1.807, 2.05) is 6.07 Å². The van der Waals surface area contributed by atoms with Gasteiger partial charge in [0.2, 0.25) is 0 Å². The predicted octanol–water partition coefficient (Wildman–Crippen LogP) is 1.66. The van der Waals surface area contributed by atoms with Gasteiger partial charge in [-0.1, -0.05) is 37.3 Å². The van der Waals surface area contributed by atoms with Gasteiger partial charge in [0.15, 0.2) is 0 Å². The molecular formula is C14H21NO2. The third kappa shape index (κ3) is 3.28. The molecule has 3 heteroatoms. The van der Waals surface area contributed by atoms with Crippen LogP contribution in [0.15, 0.2) is 30.3 Å². The molecule has 1 aromatic carbocycles. The first-order valence-electron chi connectivity index (χ1n) is 6.34. The van der Waals surface area contributed by atoms with Crippen molar-refractivity contribution in [2.75, 3.05) is 19.8 Å². The van der Waals surface area contributed by atoms with Crippen LogP contribution in [0.3, 0.4) is 0 Å². The molecule has 0 amide bonds. The summed E-state index contributed by atoms with van der Waals surface area (Å²) in [4.78, 5) is 2.42. The summed E-state index contributed by atoms with van der Waals surface area (Å²) in [5.41, 5.74) is 1.32. The maximum absolute atomic E-state index is 9.18. The normalized spacial score (nSPS) is 26.0. The SMILES string of the molecule is CC[C@@H]1CO[C@@H](CO)CN1Cc1ccccc1. The van der Waals surface area contributed by atoms with Crippen LogP contribution in [0.4, 0.5) is 0 Å². The molecule has 1 fully saturated rings. The highest BCUT2D eigenvalue weighted by Gasteiger charge is 2.27. The molecule has 1 aliphatic heterocycles. The molecular weight excluding hydrogens is 214 g/mol. The van der Waals surface area contributed by atoms with Gasteiger partial charge in [-0.05, 0) is 12.0 Å². The van der Waals surface area contributed by atoms with E-state index in [0.29, 0.717) is 6.04 Å². The molecule has 1 aromatic rings. The average Bonchev–Trinajstić information content (AvgIpc) is 2.40. The van der Waals surface area contributed by atoms with Gasteiger partial charge in [0.25, 0.3) is 0 Å². The van der Waals surface area contributed by atoms with E-state index >= 15 is 0 Å². The fourth-order valence-electron chi connectivity index (χ4n) is 2.31. The van der Waals surface area contributed by atoms with E-state index in [-0.39, 0.29) is 12.7 Å². The average molecular weight is 235 g/mol. The predicted molar refractivity (Wildman–Crippen MR) is 67.8 cm³/mol. The molecule has 1 saturated heterocycles. The van der Waals surface area contributed by atoms with Gasteiger partial charge in [-0.3, -0.25) is 4.90 Å². The topological polar surface area (TPSA) is 32.7 Å². The smallest absolute Gasteiger partial charge is 0.0933 e. The third-order valence-corrected chi connectivity index (χ3v) is 3.38. The molecule has 17 heavy (non-hydrogen) atoms. The maximum Gasteiger partial charge on any atom is 0.0933 e. The van der Waals surface area contributed by atoms with E-state index in [2.05, 4.69) is 36.1 Å². The molecule has 0 unspecified atom stereocenters. The summed E-state index contributed by atoms with van der Waals surface area (Å²) < 4.78 is 5.61. The van der Waals surface area contributed by atoms with Crippen molar-refractivity contribution in [2.45, 2.75) is 32.0 Å². The number of nitrogens with zero attached hydrogens (tertiary/aromatic N) is 1. The van der Waals surface area contributed by atoms with Crippen molar-refractivity contribution in [3.63, 3.8) is 0 Å². The van der Waals surface area contributed by atoms with Gasteiger partial charge in [0.1, 0.15) is 0 Å². The van der Waals surface area contributed by atoms with Crippen LogP contribution in [0, 0.1) is 0 Å². The Morgan fingerprint density at radius 1 is 1.35 bits per heavy atom. The van der Waals surface area contributed by atoms with Crippen LogP contribution >= 0.6 is 0 Å². The van der Waals surface area contributed by atoms with Crippen LogP contribution in [0.25, 0.3) is 0 Å². The van der Waals surface area contributed by atoms with Crippen LogP contribution < -0.4 is 0 Å². The lowest BCUT2D eigenvalue weighted by Crippen LogP contribution is -2.49. The summed E-state index contributed by atoms with van der Waals surface area (Å²) in [7, 11) is 0. The van der Waals surface area contributed by atoms with Gasteiger partial charge in [-0.25, -0.2) is 0 Å². The second-order valence-electron chi connectivity index (χ2n) is 4.62. The van der Waals surface area contributed by atoms with E-state index in [4.69, 9.17) is 4.74 Å². The summed E-state index contributed by atoms with van der Waals surface area (Å²) in [6.45, 7) is 4.80. The van der Waals surface area contributed by atoms with Gasteiger partial charge >= 0.3 is 0 Å². The summed E-state index contributed by atoms with van der Waals surface area (Å²) in [5, 5.41) is 9.18. The van der Waals surface area contributed by atoms with E-state index in [9.17, 15) is 5.11 Å². The second-order valence-corrected chi connectivity index (χ2v) is 4.62. The standard InChI is InChI=1S/C14H21NO2/c1-2-13-11-17-14(10-16)9-15(13)8-12-6-4-3-5-7-12/h3-7,13-14,16H,2,8-11H2,1H3/t13-,14-/m1/s1. The largest absolute Gasteiger partial charge is 0.394 e. The molecule has 0 aromatic heterocycles. The number of hydrogen-bond acceptors (Lipinski definition) is 3. The number of hydrogen-bond donors (Lipinski definition) is 1. The van der Waals surface area contributed by atoms with Crippen molar-refractivity contribution in [3.05, 3.63) is 35.9 Å². The van der Waals surface area contributed by atoms with Gasteiger partial charge in [0.05, 0.1) is 19.3 Å². The highest BCUT2D eigenvalue weighted by molar-refractivity contribution is 5.14. The Hall–Kier alpha value is -0.900. The Morgan fingerprint density at radius 2 is 2.12 bits per heavy atom. The minimum Gasteiger partial charge on any atom is -0.394 e. The Kier molecular flexibility index (Phi) is 4.54. The fraction of sp³-hybridized carbons (Fsp3) is 0.571. The zero-order valence-electron chi connectivity index (χ0n) is 10.4. The molecule has 3 nitrogen and oxygen atoms in total. The molecule has 94 valence electrons. The van der Waals surface area contributed by atoms with Crippen molar-refractivity contribution in [2.24, 2.45) is 0 Å². The number of aliphatic hydroxyl groups is 1. The number of aliphatic hydroxyl groups excluding tert-OH is 1. The first-order chi connectivity index (χ1) is 8.33. The summed E-state index contributed by atoms with van der Waals surface area (Å²) >= 11 is 0. The zero-order valence-corrected chi connectivity index (χ0v) is 10.4. The quantitative estimate of drug-likeness (QED) is 0.861. The highest BCUT2D eigenvalue weighted by atomic mass is 16.5. The number of ether oxygens (including phenoxy) is 1. The maximum atomic E-state index is 9.18. The molecule has 0 radical (unpaired) electrons. The number of rotatable bonds is 4. The molecule has 2 atom stereocenters. The van der Waals surface area contributed by atoms with E-state index in [1.54, 1.807) is 0 Å². The summed E-state index contributed by atoms with van der Waals surface area (Å²) in [5.74, 6) is 0. The van der Waals surface area contributed by atoms with Crippen LogP contribution in [-0.4, -0.2) is 41.9 Å². The third-order valence-electron chi connectivity index (χ3n) is 3.38. The highest BCUT2D eigenvalue weighted by Crippen LogP contribution is 2.17. The zero-order chi connectivity index (χ0) is 12.1. The van der Waals surface area contributed by atoms with Gasteiger partial charge in [-0.15, -0.1) is 0 Å². The lowest BCUT2D eigenvalue weighted by atomic mass is 10.1. The van der Waals surface area contributed by atoms with Crippen molar-refractivity contribution >= 4 is 0 Å². The molecule has 1 aliphatic rings. The fourth-order valence-corrected chi connectivity index (χ4v) is 2.31. The first kappa shape index (κ1) is 12.6. The monoisotopic (exact) mass is 235 g/mol. The summed E-state index contributed by atoms with van der Waals surface area (Å²) in [6.07, 6.45) is 1.06. The minimum absolute atomic E-state index is 0.0264. The van der Waals surface area contributed by atoms with Gasteiger partial charge in [-0.2, -0.15) is 0 Å². The van der Waals surface area contributed by atoms with Crippen LogP contribution in [0.2, 0.25) is 0 Å². The molecule has 2 rings (SSSR count). The lowest BCUT2D eigenvalue weighted by molar-refractivity contribution is -0.0858. The Labute approximate surface area is 103 Å². The molecule has 0 bridgehead atoms. The number of benzene rings is 1. The van der Waals surface area contributed by atoms with Crippen molar-refractivity contribution in [1.29, 1.82) is 0 Å². The second kappa shape index (κ2) is 6.15. The summed E-state index contributed by atoms with van der Waals surface area (Å²) in [6, 6.07) is 10.9. The number of morpholine rings is 1. The van der Waals surface area contributed by atoms with Crippen molar-refractivity contribution in [1.82, 2.24) is 4.90 Å². The Bertz CT molecular complexity index is 328. The molecule has 1 heterocycles. The molecule has 0 aliphatic carbocycles. The van der Waals surface area contributed by atoms with E-state index in [0.717, 1.165) is 26.1 Å². The lowest BCUT2D eigenvalue weighted by Gasteiger charge is -2.38. The first-order valence-corrected chi connectivity index (χ1v) is 6.34. The van der Waals surface area contributed by atoms with Crippen LogP contribution in [0.1, 0.15) is 18.9 Å². The van der Waals surface area contributed by atoms with E-state index < -0.39 is 0 Å². The minimum atomic E-state index is -0.0264. The van der Waals surface area contributed by atoms with Gasteiger partial charge in [0, 0.05) is 19.1 Å². The van der Waals surface area contributed by atoms with Crippen LogP contribution in [0.5, 0.6) is 0 Å².